The summed E-state index contributed by atoms with van der Waals surface area (Å²) >= 11 is 5.67. The lowest BCUT2D eigenvalue weighted by Gasteiger charge is -2.12. The highest BCUT2D eigenvalue weighted by atomic mass is 35.5. The Bertz CT molecular complexity index is 612. The van der Waals surface area contributed by atoms with Crippen molar-refractivity contribution in [2.45, 2.75) is 13.3 Å². The van der Waals surface area contributed by atoms with Crippen molar-refractivity contribution in [1.29, 1.82) is 0 Å². The summed E-state index contributed by atoms with van der Waals surface area (Å²) in [6, 6.07) is 10.9. The molecule has 106 valence electrons. The molecule has 1 atom stereocenters. The Morgan fingerprint density at radius 2 is 2.05 bits per heavy atom. The van der Waals surface area contributed by atoms with E-state index in [1.165, 1.54) is 0 Å². The van der Waals surface area contributed by atoms with Gasteiger partial charge in [-0.1, -0.05) is 37.3 Å². The van der Waals surface area contributed by atoms with Crippen LogP contribution in [0.1, 0.15) is 23.7 Å². The summed E-state index contributed by atoms with van der Waals surface area (Å²) in [4.78, 5) is 12.1. The predicted octanol–water partition coefficient (Wildman–Crippen LogP) is 3.54. The first-order valence-corrected chi connectivity index (χ1v) is 7.21. The van der Waals surface area contributed by atoms with E-state index in [1.807, 2.05) is 31.2 Å². The molecule has 20 heavy (non-hydrogen) atoms. The van der Waals surface area contributed by atoms with E-state index in [9.17, 15) is 9.90 Å². The van der Waals surface area contributed by atoms with Crippen molar-refractivity contribution >= 4 is 28.3 Å². The second-order valence-electron chi connectivity index (χ2n) is 4.98. The van der Waals surface area contributed by atoms with Crippen LogP contribution in [0.3, 0.4) is 0 Å². The van der Waals surface area contributed by atoms with Crippen LogP contribution in [0.2, 0.25) is 0 Å². The van der Waals surface area contributed by atoms with E-state index in [4.69, 9.17) is 11.6 Å². The molecule has 2 N–H and O–H groups in total. The summed E-state index contributed by atoms with van der Waals surface area (Å²) in [5.41, 5.74) is 0.307. The van der Waals surface area contributed by atoms with Gasteiger partial charge in [0, 0.05) is 17.8 Å². The zero-order valence-electron chi connectivity index (χ0n) is 11.4. The molecule has 0 fully saturated rings. The van der Waals surface area contributed by atoms with E-state index in [0.717, 1.165) is 11.8 Å². The Balaban J connectivity index is 2.16. The van der Waals surface area contributed by atoms with E-state index in [1.54, 1.807) is 12.1 Å². The lowest BCUT2D eigenvalue weighted by atomic mass is 10.0. The second-order valence-corrected chi connectivity index (χ2v) is 5.35. The van der Waals surface area contributed by atoms with E-state index in [2.05, 4.69) is 5.32 Å². The number of rotatable bonds is 5. The van der Waals surface area contributed by atoms with Crippen molar-refractivity contribution in [1.82, 2.24) is 5.32 Å². The van der Waals surface area contributed by atoms with Gasteiger partial charge in [0.2, 0.25) is 0 Å². The van der Waals surface area contributed by atoms with Gasteiger partial charge < -0.3 is 10.4 Å². The molecule has 2 rings (SSSR count). The summed E-state index contributed by atoms with van der Waals surface area (Å²) in [6.45, 7) is 2.58. The van der Waals surface area contributed by atoms with E-state index in [0.29, 0.717) is 29.3 Å². The molecule has 0 aliphatic heterocycles. The number of nitrogens with one attached hydrogen (secondary N) is 1. The average molecular weight is 292 g/mol. The molecule has 0 spiro atoms. The van der Waals surface area contributed by atoms with Gasteiger partial charge in [-0.15, -0.1) is 11.6 Å². The van der Waals surface area contributed by atoms with Gasteiger partial charge in [-0.3, -0.25) is 4.79 Å². The van der Waals surface area contributed by atoms with Gasteiger partial charge >= 0.3 is 0 Å². The van der Waals surface area contributed by atoms with Crippen LogP contribution in [-0.2, 0) is 0 Å². The number of hydrogen-bond donors (Lipinski definition) is 2. The number of carbonyl (C=O) groups is 1. The van der Waals surface area contributed by atoms with E-state index >= 15 is 0 Å². The SMILES string of the molecule is CC(CCCl)CNC(=O)c1ccc2ccccc2c1O. The number of benzene rings is 2. The molecule has 4 heteroatoms. The maximum Gasteiger partial charge on any atom is 0.255 e. The largest absolute Gasteiger partial charge is 0.506 e. The van der Waals surface area contributed by atoms with Crippen LogP contribution in [0.15, 0.2) is 36.4 Å². The highest BCUT2D eigenvalue weighted by Crippen LogP contribution is 2.28. The highest BCUT2D eigenvalue weighted by Gasteiger charge is 2.14. The van der Waals surface area contributed by atoms with E-state index < -0.39 is 0 Å². The minimum atomic E-state index is -0.255. The molecule has 0 saturated carbocycles. The van der Waals surface area contributed by atoms with Crippen molar-refractivity contribution < 1.29 is 9.90 Å². The highest BCUT2D eigenvalue weighted by molar-refractivity contribution is 6.17. The van der Waals surface area contributed by atoms with Gasteiger partial charge in [-0.2, -0.15) is 0 Å². The van der Waals surface area contributed by atoms with Gasteiger partial charge in [0.1, 0.15) is 5.75 Å². The van der Waals surface area contributed by atoms with Crippen molar-refractivity contribution in [2.75, 3.05) is 12.4 Å². The summed E-state index contributed by atoms with van der Waals surface area (Å²) in [5, 5.41) is 14.6. The minimum Gasteiger partial charge on any atom is -0.506 e. The van der Waals surface area contributed by atoms with Crippen LogP contribution in [0.5, 0.6) is 5.75 Å². The normalized spacial score (nSPS) is 12.3. The minimum absolute atomic E-state index is 0.0330. The number of carbonyl (C=O) groups excluding carboxylic acids is 1. The first-order chi connectivity index (χ1) is 9.63. The van der Waals surface area contributed by atoms with Gasteiger partial charge in [-0.05, 0) is 23.8 Å². The lowest BCUT2D eigenvalue weighted by molar-refractivity contribution is 0.0945. The number of amides is 1. The standard InChI is InChI=1S/C16H18ClNO2/c1-11(8-9-17)10-18-16(20)14-7-6-12-4-2-3-5-13(12)15(14)19/h2-7,11,19H,8-10H2,1H3,(H,18,20). The number of hydrogen-bond acceptors (Lipinski definition) is 2. The number of phenolic OH excluding ortho intramolecular Hbond substituents is 1. The second kappa shape index (κ2) is 6.62. The maximum atomic E-state index is 12.1. The molecule has 0 aliphatic rings. The third-order valence-electron chi connectivity index (χ3n) is 3.36. The summed E-state index contributed by atoms with van der Waals surface area (Å²) in [7, 11) is 0. The topological polar surface area (TPSA) is 49.3 Å². The molecule has 0 aromatic heterocycles. The van der Waals surface area contributed by atoms with E-state index in [-0.39, 0.29) is 11.7 Å². The van der Waals surface area contributed by atoms with Crippen LogP contribution in [0.4, 0.5) is 0 Å². The molecular formula is C16H18ClNO2. The van der Waals surface area contributed by atoms with Crippen LogP contribution in [-0.4, -0.2) is 23.4 Å². The number of alkyl halides is 1. The molecule has 0 saturated heterocycles. The van der Waals surface area contributed by atoms with Crippen molar-refractivity contribution in [3.63, 3.8) is 0 Å². The van der Waals surface area contributed by atoms with Crippen LogP contribution < -0.4 is 5.32 Å². The molecule has 0 aliphatic carbocycles. The zero-order valence-corrected chi connectivity index (χ0v) is 12.2. The third-order valence-corrected chi connectivity index (χ3v) is 3.58. The van der Waals surface area contributed by atoms with Crippen molar-refractivity contribution in [3.8, 4) is 5.75 Å². The fraction of sp³-hybridized carbons (Fsp3) is 0.312. The Hall–Kier alpha value is -1.74. The summed E-state index contributed by atoms with van der Waals surface area (Å²) in [6.07, 6.45) is 0.853. The lowest BCUT2D eigenvalue weighted by Crippen LogP contribution is -2.28. The Morgan fingerprint density at radius 1 is 1.30 bits per heavy atom. The molecule has 0 heterocycles. The van der Waals surface area contributed by atoms with Crippen LogP contribution >= 0.6 is 11.6 Å². The molecule has 2 aromatic rings. The van der Waals surface area contributed by atoms with Crippen molar-refractivity contribution in [2.24, 2.45) is 5.92 Å². The average Bonchev–Trinajstić information content (AvgIpc) is 2.46. The number of fused-ring (bicyclic) bond motifs is 1. The van der Waals surface area contributed by atoms with Crippen molar-refractivity contribution in [3.05, 3.63) is 42.0 Å². The quantitative estimate of drug-likeness (QED) is 0.828. The maximum absolute atomic E-state index is 12.1. The molecular weight excluding hydrogens is 274 g/mol. The molecule has 0 radical (unpaired) electrons. The Kier molecular flexibility index (Phi) is 4.85. The molecule has 1 unspecified atom stereocenters. The Labute approximate surface area is 123 Å². The summed E-state index contributed by atoms with van der Waals surface area (Å²) in [5.74, 6) is 0.678. The number of aromatic hydroxyl groups is 1. The van der Waals surface area contributed by atoms with Crippen LogP contribution in [0.25, 0.3) is 10.8 Å². The first-order valence-electron chi connectivity index (χ1n) is 6.68. The molecule has 1 amide bonds. The first kappa shape index (κ1) is 14.7. The summed E-state index contributed by atoms with van der Waals surface area (Å²) < 4.78 is 0. The number of phenols is 1. The molecule has 3 nitrogen and oxygen atoms in total. The predicted molar refractivity (Wildman–Crippen MR) is 82.4 cm³/mol. The number of halogens is 1. The molecule has 0 bridgehead atoms. The van der Waals surface area contributed by atoms with Gasteiger partial charge in [0.05, 0.1) is 5.56 Å². The smallest absolute Gasteiger partial charge is 0.255 e. The van der Waals surface area contributed by atoms with Crippen LogP contribution in [0, 0.1) is 5.92 Å². The van der Waals surface area contributed by atoms with Gasteiger partial charge in [0.15, 0.2) is 0 Å². The fourth-order valence-corrected chi connectivity index (χ4v) is 2.46. The van der Waals surface area contributed by atoms with Gasteiger partial charge in [-0.25, -0.2) is 0 Å². The fourth-order valence-electron chi connectivity index (χ4n) is 2.09. The Morgan fingerprint density at radius 3 is 2.80 bits per heavy atom. The third kappa shape index (κ3) is 3.23. The zero-order chi connectivity index (χ0) is 14.5. The monoisotopic (exact) mass is 291 g/mol. The van der Waals surface area contributed by atoms with Gasteiger partial charge in [0.25, 0.3) is 5.91 Å². The molecule has 2 aromatic carbocycles.